The van der Waals surface area contributed by atoms with Crippen LogP contribution in [0.1, 0.15) is 61.2 Å². The lowest BCUT2D eigenvalue weighted by Crippen LogP contribution is -2.39. The van der Waals surface area contributed by atoms with Crippen LogP contribution in [0.4, 0.5) is 0 Å². The fourth-order valence-corrected chi connectivity index (χ4v) is 5.37. The summed E-state index contributed by atoms with van der Waals surface area (Å²) in [4.78, 5) is 30.5. The number of halogens is 1. The highest BCUT2D eigenvalue weighted by Gasteiger charge is 2.29. The number of thiazole rings is 1. The van der Waals surface area contributed by atoms with Crippen LogP contribution in [0.15, 0.2) is 24.8 Å². The van der Waals surface area contributed by atoms with Crippen LogP contribution >= 0.6 is 22.9 Å². The van der Waals surface area contributed by atoms with E-state index in [-0.39, 0.29) is 18.0 Å². The number of rotatable bonds is 6. The Bertz CT molecular complexity index is 1260. The summed E-state index contributed by atoms with van der Waals surface area (Å²) < 4.78 is 2.87. The van der Waals surface area contributed by atoms with Crippen LogP contribution in [0, 0.1) is 5.92 Å². The predicted octanol–water partition coefficient (Wildman–Crippen LogP) is 4.44. The molecule has 1 aliphatic carbocycles. The van der Waals surface area contributed by atoms with Gasteiger partial charge in [-0.05, 0) is 37.7 Å². The van der Waals surface area contributed by atoms with Gasteiger partial charge in [0.1, 0.15) is 27.7 Å². The summed E-state index contributed by atoms with van der Waals surface area (Å²) in [6, 6.07) is 2.33. The number of hydrogen-bond acceptors (Lipinski definition) is 7. The molecule has 0 bridgehead atoms. The molecule has 2 unspecified atom stereocenters. The third-order valence-electron chi connectivity index (χ3n) is 5.92. The molecule has 0 saturated heterocycles. The van der Waals surface area contributed by atoms with E-state index in [1.807, 2.05) is 12.3 Å². The molecule has 1 aliphatic rings. The lowest BCUT2D eigenvalue weighted by Gasteiger charge is -2.32. The zero-order chi connectivity index (χ0) is 22.9. The molecule has 11 heteroatoms. The Labute approximate surface area is 200 Å². The smallest absolute Gasteiger partial charge is 0.280 e. The van der Waals surface area contributed by atoms with Crippen molar-refractivity contribution in [2.45, 2.75) is 58.0 Å². The van der Waals surface area contributed by atoms with Crippen molar-refractivity contribution < 1.29 is 4.79 Å². The minimum atomic E-state index is -0.160. The van der Waals surface area contributed by atoms with Crippen molar-refractivity contribution in [1.82, 2.24) is 40.0 Å². The molecule has 5 rings (SSSR count). The third kappa shape index (κ3) is 4.63. The number of H-pyrrole nitrogens is 1. The molecule has 1 saturated carbocycles. The second-order valence-corrected chi connectivity index (χ2v) is 10.5. The van der Waals surface area contributed by atoms with Crippen molar-refractivity contribution in [3.8, 4) is 11.5 Å². The van der Waals surface area contributed by atoms with E-state index in [1.54, 1.807) is 0 Å². The van der Waals surface area contributed by atoms with E-state index in [0.717, 1.165) is 54.7 Å². The minimum absolute atomic E-state index is 0.0684. The van der Waals surface area contributed by atoms with Crippen molar-refractivity contribution in [3.63, 3.8) is 0 Å². The van der Waals surface area contributed by atoms with Gasteiger partial charge in [0.05, 0.1) is 17.9 Å². The van der Waals surface area contributed by atoms with Gasteiger partial charge in [0, 0.05) is 18.5 Å². The molecular weight excluding hydrogens is 460 g/mol. The zero-order valence-electron chi connectivity index (χ0n) is 18.5. The number of hydrogen-bond donors (Lipinski definition) is 2. The highest BCUT2D eigenvalue weighted by Crippen LogP contribution is 2.34. The first kappa shape index (κ1) is 22.0. The van der Waals surface area contributed by atoms with Crippen LogP contribution in [-0.2, 0) is 6.42 Å². The number of nitrogens with zero attached hydrogens (tertiary/aromatic N) is 6. The maximum Gasteiger partial charge on any atom is 0.280 e. The van der Waals surface area contributed by atoms with Gasteiger partial charge >= 0.3 is 0 Å². The van der Waals surface area contributed by atoms with E-state index in [2.05, 4.69) is 48.9 Å². The van der Waals surface area contributed by atoms with E-state index in [1.165, 1.54) is 23.9 Å². The Morgan fingerprint density at radius 2 is 2.18 bits per heavy atom. The summed E-state index contributed by atoms with van der Waals surface area (Å²) >= 11 is 7.15. The van der Waals surface area contributed by atoms with Gasteiger partial charge in [-0.15, -0.1) is 0 Å². The van der Waals surface area contributed by atoms with Gasteiger partial charge in [0.25, 0.3) is 5.91 Å². The first-order chi connectivity index (χ1) is 16.0. The fourth-order valence-electron chi connectivity index (χ4n) is 4.56. The summed E-state index contributed by atoms with van der Waals surface area (Å²) in [5, 5.41) is 10.4. The first-order valence-electron chi connectivity index (χ1n) is 11.1. The highest BCUT2D eigenvalue weighted by molar-refractivity contribution is 7.17. The van der Waals surface area contributed by atoms with E-state index in [0.29, 0.717) is 21.1 Å². The monoisotopic (exact) mass is 484 g/mol. The topological polar surface area (TPSA) is 114 Å². The maximum absolute atomic E-state index is 12.7. The molecule has 4 heterocycles. The molecule has 4 aromatic rings. The van der Waals surface area contributed by atoms with Gasteiger partial charge in [0.15, 0.2) is 10.8 Å². The first-order valence-corrected chi connectivity index (χ1v) is 12.3. The fraction of sp³-hybridized carbons (Fsp3) is 0.455. The molecule has 33 heavy (non-hydrogen) atoms. The average Bonchev–Trinajstić information content (AvgIpc) is 3.52. The number of fused-ring (bicyclic) bond motifs is 1. The molecule has 0 radical (unpaired) electrons. The number of pyridine rings is 1. The Hall–Kier alpha value is -2.85. The lowest BCUT2D eigenvalue weighted by atomic mass is 9.90. The summed E-state index contributed by atoms with van der Waals surface area (Å²) in [7, 11) is 0. The third-order valence-corrected chi connectivity index (χ3v) is 7.03. The van der Waals surface area contributed by atoms with E-state index >= 15 is 0 Å². The maximum atomic E-state index is 12.7. The molecule has 4 aromatic heterocycles. The quantitative estimate of drug-likeness (QED) is 0.418. The number of nitrogens with one attached hydrogen (secondary N) is 2. The molecule has 0 aromatic carbocycles. The molecule has 2 atom stereocenters. The van der Waals surface area contributed by atoms with E-state index in [4.69, 9.17) is 16.6 Å². The standard InChI is InChI=1S/C22H25ClN8OS/c1-12(2)6-19-29-16-9-24-15(20-26-11-27-30-20)8-17(16)31(19)14-5-3-4-13(7-14)28-21(32)22-25-10-18(23)33-22/h8-14H,3-7H2,1-2H3,(H,28,32)(H,26,27,30). The number of carbonyl (C=O) groups is 1. The SMILES string of the molecule is CC(C)Cc1nc2cnc(-c3ncn[nH]3)cc2n1C1CCCC(NC(=O)c2ncc(Cl)s2)C1. The van der Waals surface area contributed by atoms with Crippen LogP contribution < -0.4 is 5.32 Å². The molecular formula is C22H25ClN8OS. The normalized spacial score (nSPS) is 18.8. The van der Waals surface area contributed by atoms with Gasteiger partial charge in [-0.25, -0.2) is 15.0 Å². The van der Waals surface area contributed by atoms with Crippen LogP contribution in [0.5, 0.6) is 0 Å². The van der Waals surface area contributed by atoms with Crippen molar-refractivity contribution >= 4 is 39.9 Å². The van der Waals surface area contributed by atoms with E-state index in [9.17, 15) is 4.79 Å². The summed E-state index contributed by atoms with van der Waals surface area (Å²) in [6.07, 6.45) is 9.51. The Morgan fingerprint density at radius 1 is 1.30 bits per heavy atom. The summed E-state index contributed by atoms with van der Waals surface area (Å²) in [6.45, 7) is 4.40. The predicted molar refractivity (Wildman–Crippen MR) is 127 cm³/mol. The van der Waals surface area contributed by atoms with Gasteiger partial charge in [-0.1, -0.05) is 36.8 Å². The lowest BCUT2D eigenvalue weighted by molar-refractivity contribution is 0.0920. The average molecular weight is 485 g/mol. The van der Waals surface area contributed by atoms with Crippen LogP contribution in [0.25, 0.3) is 22.6 Å². The van der Waals surface area contributed by atoms with E-state index < -0.39 is 0 Å². The summed E-state index contributed by atoms with van der Waals surface area (Å²) in [5.74, 6) is 1.99. The van der Waals surface area contributed by atoms with Crippen LogP contribution in [-0.4, -0.2) is 46.6 Å². The van der Waals surface area contributed by atoms with Crippen molar-refractivity contribution in [3.05, 3.63) is 40.0 Å². The van der Waals surface area contributed by atoms with Gasteiger partial charge in [-0.3, -0.25) is 14.9 Å². The molecule has 1 amide bonds. The molecule has 9 nitrogen and oxygen atoms in total. The minimum Gasteiger partial charge on any atom is -0.347 e. The highest BCUT2D eigenvalue weighted by atomic mass is 35.5. The molecule has 1 fully saturated rings. The Balaban J connectivity index is 1.46. The Kier molecular flexibility index (Phi) is 6.11. The van der Waals surface area contributed by atoms with Crippen LogP contribution in [0.2, 0.25) is 4.34 Å². The number of aromatic nitrogens is 7. The number of imidazole rings is 1. The summed E-state index contributed by atoms with van der Waals surface area (Å²) in [5.41, 5.74) is 2.65. The number of aromatic amines is 1. The largest absolute Gasteiger partial charge is 0.347 e. The van der Waals surface area contributed by atoms with Crippen molar-refractivity contribution in [2.24, 2.45) is 5.92 Å². The molecule has 2 N–H and O–H groups in total. The van der Waals surface area contributed by atoms with Gasteiger partial charge in [0.2, 0.25) is 0 Å². The second kappa shape index (κ2) is 9.18. The number of carbonyl (C=O) groups excluding carboxylic acids is 1. The van der Waals surface area contributed by atoms with Gasteiger partial charge in [-0.2, -0.15) is 5.10 Å². The van der Waals surface area contributed by atoms with Gasteiger partial charge < -0.3 is 9.88 Å². The molecule has 0 aliphatic heterocycles. The van der Waals surface area contributed by atoms with Crippen molar-refractivity contribution in [2.75, 3.05) is 0 Å². The van der Waals surface area contributed by atoms with Crippen LogP contribution in [0.3, 0.4) is 0 Å². The second-order valence-electron chi connectivity index (χ2n) is 8.85. The molecule has 172 valence electrons. The van der Waals surface area contributed by atoms with Crippen molar-refractivity contribution in [1.29, 1.82) is 0 Å². The Morgan fingerprint density at radius 3 is 2.91 bits per heavy atom. The molecule has 0 spiro atoms. The number of amides is 1. The zero-order valence-corrected chi connectivity index (χ0v) is 20.0.